The van der Waals surface area contributed by atoms with Crippen molar-refractivity contribution in [2.75, 3.05) is 25.0 Å². The van der Waals surface area contributed by atoms with Gasteiger partial charge < -0.3 is 15.7 Å². The molecule has 0 aliphatic carbocycles. The van der Waals surface area contributed by atoms with Crippen molar-refractivity contribution >= 4 is 5.82 Å². The molecule has 1 atom stereocenters. The van der Waals surface area contributed by atoms with E-state index in [4.69, 9.17) is 5.11 Å². The molecule has 1 aromatic rings. The first kappa shape index (κ1) is 14.7. The summed E-state index contributed by atoms with van der Waals surface area (Å²) in [6.07, 6.45) is -4.90. The Bertz CT molecular complexity index is 353. The molecule has 1 aromatic heterocycles. The summed E-state index contributed by atoms with van der Waals surface area (Å²) in [6.45, 7) is 3.16. The Hall–Kier alpha value is -1.41. The molecule has 0 amide bonds. The fourth-order valence-electron chi connectivity index (χ4n) is 1.17. The van der Waals surface area contributed by atoms with Gasteiger partial charge >= 0.3 is 6.18 Å². The Morgan fingerprint density at radius 3 is 2.50 bits per heavy atom. The van der Waals surface area contributed by atoms with Gasteiger partial charge in [0.15, 0.2) is 5.69 Å². The highest BCUT2D eigenvalue weighted by Crippen LogP contribution is 2.26. The van der Waals surface area contributed by atoms with Crippen molar-refractivity contribution in [3.05, 3.63) is 17.8 Å². The zero-order valence-electron chi connectivity index (χ0n) is 9.83. The molecule has 0 saturated heterocycles. The summed E-state index contributed by atoms with van der Waals surface area (Å²) in [5, 5.41) is 21.2. The topological polar surface area (TPSA) is 70.1 Å². The van der Waals surface area contributed by atoms with Crippen molar-refractivity contribution in [1.82, 2.24) is 15.5 Å². The van der Waals surface area contributed by atoms with Gasteiger partial charge in [0.2, 0.25) is 0 Å². The Kier molecular flexibility index (Phi) is 5.29. The normalized spacial score (nSPS) is 13.4. The fraction of sp³-hybridized carbons (Fsp3) is 0.600. The van der Waals surface area contributed by atoms with E-state index < -0.39 is 18.0 Å². The van der Waals surface area contributed by atoms with Crippen LogP contribution in [0.25, 0.3) is 0 Å². The van der Waals surface area contributed by atoms with E-state index in [1.54, 1.807) is 6.92 Å². The molecule has 0 aromatic carbocycles. The second kappa shape index (κ2) is 6.50. The third-order valence-electron chi connectivity index (χ3n) is 2.00. The molecule has 0 aliphatic heterocycles. The van der Waals surface area contributed by atoms with Crippen LogP contribution in [0.1, 0.15) is 12.6 Å². The summed E-state index contributed by atoms with van der Waals surface area (Å²) in [4.78, 5) is 0. The standard InChI is InChI=1S/C10H15F3N4O/c1-7(18)6-14-4-5-15-9-3-2-8(16-17-9)10(11,12)13/h2-3,7,14,18H,4-6H2,1H3,(H,15,17). The minimum atomic E-state index is -4.47. The highest BCUT2D eigenvalue weighted by atomic mass is 19.4. The second-order valence-corrected chi connectivity index (χ2v) is 3.78. The first-order valence-corrected chi connectivity index (χ1v) is 5.43. The van der Waals surface area contributed by atoms with Gasteiger partial charge in [-0.2, -0.15) is 13.2 Å². The first-order chi connectivity index (χ1) is 8.39. The largest absolute Gasteiger partial charge is 0.435 e. The molecular formula is C10H15F3N4O. The SMILES string of the molecule is CC(O)CNCCNc1ccc(C(F)(F)F)nn1. The van der Waals surface area contributed by atoms with Crippen molar-refractivity contribution in [1.29, 1.82) is 0 Å². The number of anilines is 1. The summed E-state index contributed by atoms with van der Waals surface area (Å²) >= 11 is 0. The van der Waals surface area contributed by atoms with Gasteiger partial charge in [-0.25, -0.2) is 0 Å². The van der Waals surface area contributed by atoms with Crippen molar-refractivity contribution in [2.45, 2.75) is 19.2 Å². The molecule has 8 heteroatoms. The Morgan fingerprint density at radius 1 is 1.28 bits per heavy atom. The number of alkyl halides is 3. The van der Waals surface area contributed by atoms with E-state index in [-0.39, 0.29) is 5.82 Å². The fourth-order valence-corrected chi connectivity index (χ4v) is 1.17. The number of aliphatic hydroxyl groups excluding tert-OH is 1. The van der Waals surface area contributed by atoms with Gasteiger partial charge in [0.05, 0.1) is 6.10 Å². The number of aliphatic hydroxyl groups is 1. The van der Waals surface area contributed by atoms with Gasteiger partial charge in [-0.15, -0.1) is 10.2 Å². The van der Waals surface area contributed by atoms with Crippen LogP contribution >= 0.6 is 0 Å². The van der Waals surface area contributed by atoms with Crippen molar-refractivity contribution in [2.24, 2.45) is 0 Å². The van der Waals surface area contributed by atoms with Crippen LogP contribution in [-0.2, 0) is 6.18 Å². The van der Waals surface area contributed by atoms with Gasteiger partial charge in [0.1, 0.15) is 5.82 Å². The Morgan fingerprint density at radius 2 is 2.00 bits per heavy atom. The minimum Gasteiger partial charge on any atom is -0.392 e. The van der Waals surface area contributed by atoms with Gasteiger partial charge in [-0.3, -0.25) is 0 Å². The monoisotopic (exact) mass is 264 g/mol. The molecule has 5 nitrogen and oxygen atoms in total. The van der Waals surface area contributed by atoms with E-state index in [0.29, 0.717) is 19.6 Å². The molecule has 1 heterocycles. The molecule has 3 N–H and O–H groups in total. The summed E-state index contributed by atoms with van der Waals surface area (Å²) < 4.78 is 36.6. The Balaban J connectivity index is 2.31. The number of aromatic nitrogens is 2. The molecular weight excluding hydrogens is 249 g/mol. The van der Waals surface area contributed by atoms with Crippen LogP contribution in [-0.4, -0.2) is 41.0 Å². The molecule has 102 valence electrons. The van der Waals surface area contributed by atoms with Crippen LogP contribution in [0.4, 0.5) is 19.0 Å². The first-order valence-electron chi connectivity index (χ1n) is 5.43. The van der Waals surface area contributed by atoms with E-state index in [1.165, 1.54) is 6.07 Å². The number of hydrogen-bond acceptors (Lipinski definition) is 5. The number of hydrogen-bond donors (Lipinski definition) is 3. The molecule has 0 bridgehead atoms. The molecule has 0 spiro atoms. The predicted molar refractivity (Wildman–Crippen MR) is 60.1 cm³/mol. The minimum absolute atomic E-state index is 0.279. The van der Waals surface area contributed by atoms with Crippen molar-refractivity contribution in [3.63, 3.8) is 0 Å². The smallest absolute Gasteiger partial charge is 0.392 e. The molecule has 1 unspecified atom stereocenters. The zero-order valence-corrected chi connectivity index (χ0v) is 9.83. The average molecular weight is 264 g/mol. The quantitative estimate of drug-likeness (QED) is 0.665. The number of nitrogens with one attached hydrogen (secondary N) is 2. The molecule has 0 fully saturated rings. The summed E-state index contributed by atoms with van der Waals surface area (Å²) in [5.41, 5.74) is -1.01. The van der Waals surface area contributed by atoms with E-state index in [0.717, 1.165) is 6.07 Å². The van der Waals surface area contributed by atoms with Crippen LogP contribution in [0.3, 0.4) is 0 Å². The molecule has 0 aliphatic rings. The van der Waals surface area contributed by atoms with Crippen LogP contribution < -0.4 is 10.6 Å². The van der Waals surface area contributed by atoms with Gasteiger partial charge in [-0.1, -0.05) is 0 Å². The number of halogens is 3. The lowest BCUT2D eigenvalue weighted by Crippen LogP contribution is -2.29. The second-order valence-electron chi connectivity index (χ2n) is 3.78. The predicted octanol–water partition coefficient (Wildman–Crippen LogP) is 0.878. The lowest BCUT2D eigenvalue weighted by molar-refractivity contribution is -0.141. The van der Waals surface area contributed by atoms with Crippen LogP contribution in [0.5, 0.6) is 0 Å². The van der Waals surface area contributed by atoms with Gasteiger partial charge in [0, 0.05) is 19.6 Å². The van der Waals surface area contributed by atoms with Crippen LogP contribution in [0.2, 0.25) is 0 Å². The van der Waals surface area contributed by atoms with Gasteiger partial charge in [-0.05, 0) is 19.1 Å². The maximum Gasteiger partial charge on any atom is 0.435 e. The molecule has 0 radical (unpaired) electrons. The lowest BCUT2D eigenvalue weighted by Gasteiger charge is -2.09. The molecule has 0 saturated carbocycles. The molecule has 1 rings (SSSR count). The van der Waals surface area contributed by atoms with Crippen molar-refractivity contribution < 1.29 is 18.3 Å². The average Bonchev–Trinajstić information content (AvgIpc) is 2.27. The maximum absolute atomic E-state index is 12.2. The summed E-state index contributed by atoms with van der Waals surface area (Å²) in [5.74, 6) is 0.279. The van der Waals surface area contributed by atoms with E-state index in [9.17, 15) is 13.2 Å². The maximum atomic E-state index is 12.2. The summed E-state index contributed by atoms with van der Waals surface area (Å²) in [6, 6.07) is 2.10. The third-order valence-corrected chi connectivity index (χ3v) is 2.00. The lowest BCUT2D eigenvalue weighted by atomic mass is 10.4. The van der Waals surface area contributed by atoms with Crippen LogP contribution in [0.15, 0.2) is 12.1 Å². The van der Waals surface area contributed by atoms with E-state index in [2.05, 4.69) is 20.8 Å². The number of rotatable bonds is 6. The Labute approximate surface area is 102 Å². The highest BCUT2D eigenvalue weighted by molar-refractivity contribution is 5.33. The number of nitrogens with zero attached hydrogens (tertiary/aromatic N) is 2. The van der Waals surface area contributed by atoms with E-state index >= 15 is 0 Å². The van der Waals surface area contributed by atoms with Gasteiger partial charge in [0.25, 0.3) is 0 Å². The third kappa shape index (κ3) is 5.28. The van der Waals surface area contributed by atoms with E-state index in [1.807, 2.05) is 0 Å². The summed E-state index contributed by atoms with van der Waals surface area (Å²) in [7, 11) is 0. The highest BCUT2D eigenvalue weighted by Gasteiger charge is 2.32. The van der Waals surface area contributed by atoms with Crippen LogP contribution in [0, 0.1) is 0 Å². The zero-order chi connectivity index (χ0) is 13.6. The van der Waals surface area contributed by atoms with Crippen molar-refractivity contribution in [3.8, 4) is 0 Å². The molecule has 18 heavy (non-hydrogen) atoms.